The van der Waals surface area contributed by atoms with E-state index in [9.17, 15) is 4.79 Å². The van der Waals surface area contributed by atoms with Crippen molar-refractivity contribution in [1.29, 1.82) is 0 Å². The molecule has 1 aromatic rings. The number of carbonyl (C=O) groups excluding carboxylic acids is 1. The van der Waals surface area contributed by atoms with Crippen LogP contribution in [-0.4, -0.2) is 32.3 Å². The lowest BCUT2D eigenvalue weighted by Crippen LogP contribution is -2.37. The van der Waals surface area contributed by atoms with Crippen LogP contribution in [0, 0.1) is 0 Å². The van der Waals surface area contributed by atoms with E-state index in [1.807, 2.05) is 14.0 Å². The van der Waals surface area contributed by atoms with Crippen molar-refractivity contribution in [2.75, 3.05) is 20.4 Å². The SMILES string of the molecule is CNC(C)CNC(=O)c1cccc2c1OCO2.Cl. The summed E-state index contributed by atoms with van der Waals surface area (Å²) in [5, 5.41) is 5.90. The van der Waals surface area contributed by atoms with Crippen molar-refractivity contribution in [1.82, 2.24) is 10.6 Å². The van der Waals surface area contributed by atoms with E-state index in [2.05, 4.69) is 10.6 Å². The highest BCUT2D eigenvalue weighted by molar-refractivity contribution is 5.97. The van der Waals surface area contributed by atoms with Crippen LogP contribution in [0.15, 0.2) is 18.2 Å². The van der Waals surface area contributed by atoms with Crippen molar-refractivity contribution >= 4 is 18.3 Å². The average molecular weight is 273 g/mol. The highest BCUT2D eigenvalue weighted by Gasteiger charge is 2.21. The van der Waals surface area contributed by atoms with E-state index in [1.165, 1.54) is 0 Å². The highest BCUT2D eigenvalue weighted by Crippen LogP contribution is 2.35. The predicted molar refractivity (Wildman–Crippen MR) is 70.7 cm³/mol. The molecular weight excluding hydrogens is 256 g/mol. The number of fused-ring (bicyclic) bond motifs is 1. The lowest BCUT2D eigenvalue weighted by atomic mass is 10.1. The molecule has 0 spiro atoms. The molecule has 2 N–H and O–H groups in total. The fraction of sp³-hybridized carbons (Fsp3) is 0.417. The molecule has 0 fully saturated rings. The van der Waals surface area contributed by atoms with Gasteiger partial charge >= 0.3 is 0 Å². The van der Waals surface area contributed by atoms with E-state index in [4.69, 9.17) is 9.47 Å². The van der Waals surface area contributed by atoms with Gasteiger partial charge in [0.15, 0.2) is 11.5 Å². The Morgan fingerprint density at radius 2 is 2.22 bits per heavy atom. The summed E-state index contributed by atoms with van der Waals surface area (Å²) in [5.74, 6) is 1.01. The maximum atomic E-state index is 12.0. The summed E-state index contributed by atoms with van der Waals surface area (Å²) in [4.78, 5) is 12.0. The normalized spacial score (nSPS) is 13.7. The van der Waals surface area contributed by atoms with Crippen LogP contribution in [0.4, 0.5) is 0 Å². The Morgan fingerprint density at radius 1 is 1.44 bits per heavy atom. The van der Waals surface area contributed by atoms with E-state index in [0.29, 0.717) is 23.6 Å². The quantitative estimate of drug-likeness (QED) is 0.864. The molecule has 1 aromatic carbocycles. The second-order valence-electron chi connectivity index (χ2n) is 3.94. The first-order valence-corrected chi connectivity index (χ1v) is 5.56. The molecule has 100 valence electrons. The molecule has 6 heteroatoms. The number of hydrogen-bond donors (Lipinski definition) is 2. The van der Waals surface area contributed by atoms with Crippen LogP contribution in [0.3, 0.4) is 0 Å². The summed E-state index contributed by atoms with van der Waals surface area (Å²) in [7, 11) is 1.86. The van der Waals surface area contributed by atoms with Crippen molar-refractivity contribution in [2.24, 2.45) is 0 Å². The van der Waals surface area contributed by atoms with Gasteiger partial charge in [0.25, 0.3) is 5.91 Å². The van der Waals surface area contributed by atoms with Gasteiger partial charge in [-0.1, -0.05) is 6.07 Å². The highest BCUT2D eigenvalue weighted by atomic mass is 35.5. The first-order chi connectivity index (χ1) is 8.22. The Labute approximate surface area is 112 Å². The summed E-state index contributed by atoms with van der Waals surface area (Å²) < 4.78 is 10.5. The molecular formula is C12H17ClN2O3. The Morgan fingerprint density at radius 3 is 2.94 bits per heavy atom. The first-order valence-electron chi connectivity index (χ1n) is 5.56. The molecule has 0 bridgehead atoms. The molecule has 1 amide bonds. The van der Waals surface area contributed by atoms with Gasteiger partial charge in [-0.15, -0.1) is 12.4 Å². The van der Waals surface area contributed by atoms with Crippen molar-refractivity contribution in [3.63, 3.8) is 0 Å². The Bertz CT molecular complexity index is 426. The van der Waals surface area contributed by atoms with Crippen molar-refractivity contribution in [2.45, 2.75) is 13.0 Å². The maximum absolute atomic E-state index is 12.0. The predicted octanol–water partition coefficient (Wildman–Crippen LogP) is 1.17. The topological polar surface area (TPSA) is 59.6 Å². The molecule has 1 aliphatic heterocycles. The molecule has 0 saturated carbocycles. The van der Waals surface area contributed by atoms with Gasteiger partial charge in [-0.25, -0.2) is 0 Å². The summed E-state index contributed by atoms with van der Waals surface area (Å²) in [6.07, 6.45) is 0. The number of carbonyl (C=O) groups is 1. The number of amides is 1. The first kappa shape index (κ1) is 14.6. The molecule has 18 heavy (non-hydrogen) atoms. The minimum absolute atomic E-state index is 0. The number of para-hydroxylation sites is 1. The van der Waals surface area contributed by atoms with Crippen molar-refractivity contribution in [3.05, 3.63) is 23.8 Å². The molecule has 2 rings (SSSR count). The standard InChI is InChI=1S/C12H16N2O3.ClH/c1-8(13-2)6-14-12(15)9-4-3-5-10-11(9)17-7-16-10;/h3-5,8,13H,6-7H2,1-2H3,(H,14,15);1H. The van der Waals surface area contributed by atoms with Gasteiger partial charge in [0, 0.05) is 12.6 Å². The number of ether oxygens (including phenoxy) is 2. The third kappa shape index (κ3) is 3.05. The van der Waals surface area contributed by atoms with Gasteiger partial charge in [0.05, 0.1) is 5.56 Å². The van der Waals surface area contributed by atoms with Crippen LogP contribution >= 0.6 is 12.4 Å². The third-order valence-electron chi connectivity index (χ3n) is 2.70. The molecule has 1 unspecified atom stereocenters. The van der Waals surface area contributed by atoms with E-state index >= 15 is 0 Å². The van der Waals surface area contributed by atoms with Gasteiger partial charge in [0.1, 0.15) is 0 Å². The number of likely N-dealkylation sites (N-methyl/N-ethyl adjacent to an activating group) is 1. The van der Waals surface area contributed by atoms with Gasteiger partial charge < -0.3 is 20.1 Å². The summed E-state index contributed by atoms with van der Waals surface area (Å²) in [6.45, 7) is 2.74. The fourth-order valence-electron chi connectivity index (χ4n) is 1.55. The van der Waals surface area contributed by atoms with Crippen molar-refractivity contribution < 1.29 is 14.3 Å². The third-order valence-corrected chi connectivity index (χ3v) is 2.70. The summed E-state index contributed by atoms with van der Waals surface area (Å²) >= 11 is 0. The zero-order chi connectivity index (χ0) is 12.3. The van der Waals surface area contributed by atoms with E-state index in [-0.39, 0.29) is 31.1 Å². The molecule has 0 aromatic heterocycles. The van der Waals surface area contributed by atoms with Gasteiger partial charge in [-0.3, -0.25) is 4.79 Å². The minimum atomic E-state index is -0.144. The van der Waals surface area contributed by atoms with Gasteiger partial charge in [-0.05, 0) is 26.1 Å². The average Bonchev–Trinajstić information content (AvgIpc) is 2.83. The van der Waals surface area contributed by atoms with Crippen LogP contribution in [0.1, 0.15) is 17.3 Å². The number of halogens is 1. The molecule has 0 radical (unpaired) electrons. The maximum Gasteiger partial charge on any atom is 0.255 e. The zero-order valence-corrected chi connectivity index (χ0v) is 11.2. The fourth-order valence-corrected chi connectivity index (χ4v) is 1.55. The number of nitrogens with one attached hydrogen (secondary N) is 2. The second kappa shape index (κ2) is 6.47. The van der Waals surface area contributed by atoms with Crippen LogP contribution in [-0.2, 0) is 0 Å². The molecule has 1 heterocycles. The Balaban J connectivity index is 0.00000162. The number of benzene rings is 1. The minimum Gasteiger partial charge on any atom is -0.454 e. The molecule has 0 saturated heterocycles. The van der Waals surface area contributed by atoms with Crippen molar-refractivity contribution in [3.8, 4) is 11.5 Å². The largest absolute Gasteiger partial charge is 0.454 e. The second-order valence-corrected chi connectivity index (χ2v) is 3.94. The lowest BCUT2D eigenvalue weighted by Gasteiger charge is -2.12. The van der Waals surface area contributed by atoms with Crippen LogP contribution in [0.25, 0.3) is 0 Å². The van der Waals surface area contributed by atoms with E-state index in [0.717, 1.165) is 0 Å². The zero-order valence-electron chi connectivity index (χ0n) is 10.4. The Hall–Kier alpha value is -1.46. The Kier molecular flexibility index (Phi) is 5.25. The van der Waals surface area contributed by atoms with Crippen LogP contribution in [0.2, 0.25) is 0 Å². The summed E-state index contributed by atoms with van der Waals surface area (Å²) in [5.41, 5.74) is 0.517. The van der Waals surface area contributed by atoms with E-state index in [1.54, 1.807) is 18.2 Å². The van der Waals surface area contributed by atoms with E-state index < -0.39 is 0 Å². The van der Waals surface area contributed by atoms with Gasteiger partial charge in [-0.2, -0.15) is 0 Å². The van der Waals surface area contributed by atoms with Crippen LogP contribution < -0.4 is 20.1 Å². The number of hydrogen-bond acceptors (Lipinski definition) is 4. The molecule has 5 nitrogen and oxygen atoms in total. The molecule has 1 aliphatic rings. The molecule has 1 atom stereocenters. The smallest absolute Gasteiger partial charge is 0.255 e. The lowest BCUT2D eigenvalue weighted by molar-refractivity contribution is 0.0946. The van der Waals surface area contributed by atoms with Crippen LogP contribution in [0.5, 0.6) is 11.5 Å². The summed E-state index contributed by atoms with van der Waals surface area (Å²) in [6, 6.07) is 5.53. The monoisotopic (exact) mass is 272 g/mol. The molecule has 0 aliphatic carbocycles. The van der Waals surface area contributed by atoms with Gasteiger partial charge in [0.2, 0.25) is 6.79 Å². The number of rotatable bonds is 4.